The zero-order valence-corrected chi connectivity index (χ0v) is 12.9. The quantitative estimate of drug-likeness (QED) is 0.745. The van der Waals surface area contributed by atoms with Crippen molar-refractivity contribution in [2.75, 3.05) is 26.7 Å². The van der Waals surface area contributed by atoms with E-state index >= 15 is 0 Å². The maximum Gasteiger partial charge on any atom is 0.00579 e. The average molecular weight is 268 g/mol. The molecule has 1 heterocycles. The zero-order valence-electron chi connectivity index (χ0n) is 12.1. The van der Waals surface area contributed by atoms with Crippen molar-refractivity contribution in [3.63, 3.8) is 0 Å². The Kier molecular flexibility index (Phi) is 7.56. The summed E-state index contributed by atoms with van der Waals surface area (Å²) in [5.41, 5.74) is 5.84. The van der Waals surface area contributed by atoms with Crippen LogP contribution < -0.4 is 5.73 Å². The molecule has 1 rings (SSSR count). The van der Waals surface area contributed by atoms with E-state index < -0.39 is 0 Å². The highest BCUT2D eigenvalue weighted by Gasteiger charge is 2.10. The maximum atomic E-state index is 5.84. The molecule has 0 aliphatic carbocycles. The van der Waals surface area contributed by atoms with E-state index in [2.05, 4.69) is 43.3 Å². The summed E-state index contributed by atoms with van der Waals surface area (Å²) >= 11 is 1.86. The summed E-state index contributed by atoms with van der Waals surface area (Å²) in [6.07, 6.45) is 3.66. The molecule has 1 unspecified atom stereocenters. The van der Waals surface area contributed by atoms with Crippen LogP contribution in [0.2, 0.25) is 0 Å². The third-order valence-electron chi connectivity index (χ3n) is 3.38. The summed E-state index contributed by atoms with van der Waals surface area (Å²) in [5.74, 6) is 1.45. The number of rotatable bonds is 9. The van der Waals surface area contributed by atoms with Crippen molar-refractivity contribution >= 4 is 11.3 Å². The summed E-state index contributed by atoms with van der Waals surface area (Å²) in [4.78, 5) is 3.92. The van der Waals surface area contributed by atoms with E-state index in [1.807, 2.05) is 11.3 Å². The van der Waals surface area contributed by atoms with Crippen LogP contribution in [0.15, 0.2) is 17.5 Å². The molecule has 0 saturated carbocycles. The molecule has 0 spiro atoms. The normalized spacial score (nSPS) is 13.4. The van der Waals surface area contributed by atoms with Crippen molar-refractivity contribution in [3.8, 4) is 0 Å². The minimum atomic E-state index is 0.689. The second-order valence-electron chi connectivity index (χ2n) is 5.65. The van der Waals surface area contributed by atoms with Crippen molar-refractivity contribution in [2.45, 2.75) is 33.1 Å². The molecule has 1 atom stereocenters. The second-order valence-corrected chi connectivity index (χ2v) is 6.68. The monoisotopic (exact) mass is 268 g/mol. The highest BCUT2D eigenvalue weighted by atomic mass is 32.1. The van der Waals surface area contributed by atoms with Gasteiger partial charge in [-0.2, -0.15) is 0 Å². The van der Waals surface area contributed by atoms with Gasteiger partial charge in [0, 0.05) is 11.4 Å². The van der Waals surface area contributed by atoms with Gasteiger partial charge in [0.25, 0.3) is 0 Å². The van der Waals surface area contributed by atoms with Gasteiger partial charge in [0.15, 0.2) is 0 Å². The Labute approximate surface area is 116 Å². The molecule has 0 aromatic carbocycles. The highest BCUT2D eigenvalue weighted by Crippen LogP contribution is 2.15. The molecular formula is C15H28N2S. The lowest BCUT2D eigenvalue weighted by atomic mass is 9.94. The van der Waals surface area contributed by atoms with E-state index in [4.69, 9.17) is 5.73 Å². The van der Waals surface area contributed by atoms with Crippen molar-refractivity contribution < 1.29 is 0 Å². The van der Waals surface area contributed by atoms with Crippen LogP contribution in [-0.4, -0.2) is 31.6 Å². The van der Waals surface area contributed by atoms with Crippen LogP contribution in [0.1, 0.15) is 31.6 Å². The van der Waals surface area contributed by atoms with Gasteiger partial charge in [0.1, 0.15) is 0 Å². The number of hydrogen-bond donors (Lipinski definition) is 1. The van der Waals surface area contributed by atoms with Crippen LogP contribution in [0.4, 0.5) is 0 Å². The number of nitrogens with zero attached hydrogens (tertiary/aromatic N) is 1. The Morgan fingerprint density at radius 2 is 2.11 bits per heavy atom. The van der Waals surface area contributed by atoms with Crippen molar-refractivity contribution in [3.05, 3.63) is 22.4 Å². The molecule has 0 fully saturated rings. The van der Waals surface area contributed by atoms with Gasteiger partial charge in [0.05, 0.1) is 0 Å². The minimum absolute atomic E-state index is 0.689. The molecule has 0 aliphatic rings. The number of hydrogen-bond acceptors (Lipinski definition) is 3. The molecular weight excluding hydrogens is 240 g/mol. The zero-order chi connectivity index (χ0) is 13.4. The standard InChI is InChI=1S/C15H28N2S/c1-13(2)11-14(12-16)6-8-17(3)9-7-15-5-4-10-18-15/h4-5,10,13-14H,6-9,11-12,16H2,1-3H3. The summed E-state index contributed by atoms with van der Waals surface area (Å²) in [7, 11) is 2.22. The average Bonchev–Trinajstić information content (AvgIpc) is 2.84. The lowest BCUT2D eigenvalue weighted by Gasteiger charge is -2.21. The van der Waals surface area contributed by atoms with E-state index in [9.17, 15) is 0 Å². The number of thiophene rings is 1. The van der Waals surface area contributed by atoms with E-state index in [1.54, 1.807) is 0 Å². The van der Waals surface area contributed by atoms with E-state index in [0.717, 1.165) is 19.0 Å². The fraction of sp³-hybridized carbons (Fsp3) is 0.733. The first-order valence-electron chi connectivity index (χ1n) is 7.02. The topological polar surface area (TPSA) is 29.3 Å². The molecule has 3 heteroatoms. The molecule has 0 radical (unpaired) electrons. The first-order valence-corrected chi connectivity index (χ1v) is 7.90. The van der Waals surface area contributed by atoms with E-state index in [1.165, 1.54) is 30.7 Å². The van der Waals surface area contributed by atoms with Gasteiger partial charge >= 0.3 is 0 Å². The van der Waals surface area contributed by atoms with Crippen LogP contribution in [0.3, 0.4) is 0 Å². The molecule has 18 heavy (non-hydrogen) atoms. The lowest BCUT2D eigenvalue weighted by molar-refractivity contribution is 0.287. The summed E-state index contributed by atoms with van der Waals surface area (Å²) in [6.45, 7) is 7.71. The lowest BCUT2D eigenvalue weighted by Crippen LogP contribution is -2.26. The van der Waals surface area contributed by atoms with Crippen molar-refractivity contribution in [1.29, 1.82) is 0 Å². The molecule has 0 saturated heterocycles. The van der Waals surface area contributed by atoms with Crippen molar-refractivity contribution in [1.82, 2.24) is 4.90 Å². The molecule has 0 amide bonds. The Hall–Kier alpha value is -0.380. The van der Waals surface area contributed by atoms with Crippen LogP contribution >= 0.6 is 11.3 Å². The van der Waals surface area contributed by atoms with Crippen molar-refractivity contribution in [2.24, 2.45) is 17.6 Å². The van der Waals surface area contributed by atoms with Gasteiger partial charge in [-0.25, -0.2) is 0 Å². The largest absolute Gasteiger partial charge is 0.330 e. The number of likely N-dealkylation sites (N-methyl/N-ethyl adjacent to an activating group) is 1. The SMILES string of the molecule is CC(C)CC(CN)CCN(C)CCc1cccs1. The van der Waals surface area contributed by atoms with E-state index in [-0.39, 0.29) is 0 Å². The Morgan fingerprint density at radius 1 is 1.33 bits per heavy atom. The molecule has 2 N–H and O–H groups in total. The van der Waals surface area contributed by atoms with Gasteiger partial charge in [-0.1, -0.05) is 19.9 Å². The summed E-state index contributed by atoms with van der Waals surface area (Å²) in [5, 5.41) is 2.16. The fourth-order valence-corrected chi connectivity index (χ4v) is 2.97. The second kappa shape index (κ2) is 8.68. The van der Waals surface area contributed by atoms with Gasteiger partial charge in [-0.3, -0.25) is 0 Å². The first kappa shape index (κ1) is 15.7. The molecule has 1 aromatic heterocycles. The third-order valence-corrected chi connectivity index (χ3v) is 4.31. The Balaban J connectivity index is 2.17. The molecule has 1 aromatic rings. The van der Waals surface area contributed by atoms with Crippen LogP contribution in [0.25, 0.3) is 0 Å². The van der Waals surface area contributed by atoms with Gasteiger partial charge in [-0.15, -0.1) is 11.3 Å². The number of nitrogens with two attached hydrogens (primary N) is 1. The molecule has 2 nitrogen and oxygen atoms in total. The van der Waals surface area contributed by atoms with Gasteiger partial charge in [-0.05, 0) is 62.7 Å². The van der Waals surface area contributed by atoms with Gasteiger partial charge in [0.2, 0.25) is 0 Å². The van der Waals surface area contributed by atoms with Gasteiger partial charge < -0.3 is 10.6 Å². The first-order chi connectivity index (χ1) is 8.61. The Morgan fingerprint density at radius 3 is 2.67 bits per heavy atom. The van der Waals surface area contributed by atoms with Crippen LogP contribution in [0.5, 0.6) is 0 Å². The smallest absolute Gasteiger partial charge is 0.00579 e. The molecule has 104 valence electrons. The van der Waals surface area contributed by atoms with Crippen LogP contribution in [0, 0.1) is 11.8 Å². The minimum Gasteiger partial charge on any atom is -0.330 e. The molecule has 0 aliphatic heterocycles. The predicted octanol–water partition coefficient (Wildman–Crippen LogP) is 3.23. The van der Waals surface area contributed by atoms with Crippen LogP contribution in [-0.2, 0) is 6.42 Å². The third kappa shape index (κ3) is 6.53. The Bertz CT molecular complexity index is 295. The van der Waals surface area contributed by atoms with E-state index in [0.29, 0.717) is 5.92 Å². The maximum absolute atomic E-state index is 5.84. The summed E-state index contributed by atoms with van der Waals surface area (Å²) < 4.78 is 0. The predicted molar refractivity (Wildman–Crippen MR) is 82.1 cm³/mol. The fourth-order valence-electron chi connectivity index (χ4n) is 2.27. The highest BCUT2D eigenvalue weighted by molar-refractivity contribution is 7.09. The molecule has 0 bridgehead atoms. The summed E-state index contributed by atoms with van der Waals surface area (Å²) in [6, 6.07) is 4.35.